The first-order valence-corrected chi connectivity index (χ1v) is 11.6. The number of ketones is 1. The number of hydrogen-bond acceptors (Lipinski definition) is 7. The number of benzene rings is 2. The quantitative estimate of drug-likeness (QED) is 0.343. The summed E-state index contributed by atoms with van der Waals surface area (Å²) in [4.78, 5) is 42.3. The van der Waals surface area contributed by atoms with E-state index in [2.05, 4.69) is 10.3 Å². The molecule has 4 aromatic rings. The van der Waals surface area contributed by atoms with E-state index in [0.717, 1.165) is 22.5 Å². The van der Waals surface area contributed by atoms with E-state index in [1.807, 2.05) is 19.9 Å². The third-order valence-electron chi connectivity index (χ3n) is 5.12. The van der Waals surface area contributed by atoms with Crippen molar-refractivity contribution in [3.8, 4) is 17.1 Å². The molecule has 7 nitrogen and oxygen atoms in total. The van der Waals surface area contributed by atoms with Gasteiger partial charge in [0.25, 0.3) is 5.91 Å². The van der Waals surface area contributed by atoms with Crippen molar-refractivity contribution in [2.24, 2.45) is 0 Å². The molecule has 0 atom stereocenters. The van der Waals surface area contributed by atoms with Gasteiger partial charge in [0.15, 0.2) is 23.3 Å². The fourth-order valence-electron chi connectivity index (χ4n) is 3.70. The molecule has 0 aliphatic heterocycles. The number of halogens is 1. The Morgan fingerprint density at radius 1 is 1.18 bits per heavy atom. The van der Waals surface area contributed by atoms with E-state index in [1.54, 1.807) is 37.3 Å². The topological polar surface area (TPSA) is 98.5 Å². The molecule has 1 amide bonds. The molecule has 2 aromatic carbocycles. The number of fused-ring (bicyclic) bond motifs is 1. The summed E-state index contributed by atoms with van der Waals surface area (Å²) >= 11 is 7.46. The average Bonchev–Trinajstić information content (AvgIpc) is 3.12. The van der Waals surface area contributed by atoms with Crippen LogP contribution in [-0.2, 0) is 4.79 Å². The van der Waals surface area contributed by atoms with Crippen LogP contribution in [0.15, 0.2) is 45.6 Å². The van der Waals surface area contributed by atoms with Gasteiger partial charge in [-0.2, -0.15) is 0 Å². The Hall–Kier alpha value is -3.49. The van der Waals surface area contributed by atoms with E-state index in [0.29, 0.717) is 32.1 Å². The van der Waals surface area contributed by atoms with Crippen LogP contribution in [0.2, 0.25) is 5.02 Å². The third-order valence-corrected chi connectivity index (χ3v) is 6.63. The first kappa shape index (κ1) is 23.7. The first-order chi connectivity index (χ1) is 16.2. The van der Waals surface area contributed by atoms with Crippen molar-refractivity contribution in [1.82, 2.24) is 4.98 Å². The number of thiazole rings is 1. The van der Waals surface area contributed by atoms with Crippen LogP contribution in [0.5, 0.6) is 5.75 Å². The molecule has 0 bridgehead atoms. The van der Waals surface area contributed by atoms with Gasteiger partial charge < -0.3 is 9.15 Å². The van der Waals surface area contributed by atoms with Gasteiger partial charge in [0.2, 0.25) is 11.2 Å². The molecule has 1 N–H and O–H groups in total. The van der Waals surface area contributed by atoms with Crippen molar-refractivity contribution >= 4 is 50.7 Å². The summed E-state index contributed by atoms with van der Waals surface area (Å²) in [5.74, 6) is -0.628. The zero-order chi connectivity index (χ0) is 24.6. The van der Waals surface area contributed by atoms with Crippen LogP contribution in [0.25, 0.3) is 22.3 Å². The predicted molar refractivity (Wildman–Crippen MR) is 133 cm³/mol. The smallest absolute Gasteiger partial charge is 0.264 e. The van der Waals surface area contributed by atoms with E-state index in [-0.39, 0.29) is 22.4 Å². The van der Waals surface area contributed by atoms with Gasteiger partial charge in [0, 0.05) is 12.5 Å². The van der Waals surface area contributed by atoms with Crippen molar-refractivity contribution in [3.63, 3.8) is 0 Å². The standard InChI is InChI=1S/C25H21ClN2O5S/c1-12-9-13(2)20-18(10-12)33-22(16-7-5-6-8-17(16)26)23(21(20)31)32-11-19(30)28-25-27-14(3)24(34-25)15(4)29/h5-10H,11H2,1-4H3,(H,27,28,30). The van der Waals surface area contributed by atoms with Crippen LogP contribution in [0.4, 0.5) is 5.13 Å². The zero-order valence-corrected chi connectivity index (χ0v) is 20.5. The highest BCUT2D eigenvalue weighted by molar-refractivity contribution is 7.17. The van der Waals surface area contributed by atoms with Crippen LogP contribution < -0.4 is 15.5 Å². The Labute approximate surface area is 204 Å². The van der Waals surface area contributed by atoms with E-state index in [4.69, 9.17) is 20.8 Å². The van der Waals surface area contributed by atoms with Crippen molar-refractivity contribution in [2.75, 3.05) is 11.9 Å². The fraction of sp³-hybridized carbons (Fsp3) is 0.200. The third kappa shape index (κ3) is 4.60. The van der Waals surface area contributed by atoms with E-state index < -0.39 is 17.9 Å². The summed E-state index contributed by atoms with van der Waals surface area (Å²) in [6.07, 6.45) is 0. The van der Waals surface area contributed by atoms with Gasteiger partial charge >= 0.3 is 0 Å². The molecule has 0 saturated heterocycles. The molecule has 4 rings (SSSR count). The number of hydrogen-bond donors (Lipinski definition) is 1. The Balaban J connectivity index is 1.71. The molecule has 2 aromatic heterocycles. The van der Waals surface area contributed by atoms with Crippen molar-refractivity contribution in [3.05, 3.63) is 73.3 Å². The Kier molecular flexibility index (Phi) is 6.54. The molecule has 0 aliphatic rings. The average molecular weight is 497 g/mol. The molecule has 0 spiro atoms. The molecule has 0 radical (unpaired) electrons. The lowest BCUT2D eigenvalue weighted by Gasteiger charge is -2.13. The zero-order valence-electron chi connectivity index (χ0n) is 18.9. The summed E-state index contributed by atoms with van der Waals surface area (Å²) in [7, 11) is 0. The highest BCUT2D eigenvalue weighted by atomic mass is 35.5. The van der Waals surface area contributed by atoms with Crippen LogP contribution >= 0.6 is 22.9 Å². The number of rotatable bonds is 6. The second-order valence-corrected chi connectivity index (χ2v) is 9.26. The molecule has 2 heterocycles. The van der Waals surface area contributed by atoms with Gasteiger partial charge in [-0.3, -0.25) is 19.7 Å². The summed E-state index contributed by atoms with van der Waals surface area (Å²) in [6.45, 7) is 6.39. The Morgan fingerprint density at radius 3 is 2.59 bits per heavy atom. The number of nitrogens with zero attached hydrogens (tertiary/aromatic N) is 1. The Morgan fingerprint density at radius 2 is 1.91 bits per heavy atom. The predicted octanol–water partition coefficient (Wildman–Crippen LogP) is 5.72. The van der Waals surface area contributed by atoms with E-state index in [9.17, 15) is 14.4 Å². The number of nitrogens with one attached hydrogen (secondary N) is 1. The number of aryl methyl sites for hydroxylation is 3. The summed E-state index contributed by atoms with van der Waals surface area (Å²) in [5, 5.41) is 3.63. The minimum absolute atomic E-state index is 0.109. The van der Waals surface area contributed by atoms with Crippen LogP contribution in [0, 0.1) is 20.8 Å². The maximum atomic E-state index is 13.5. The Bertz CT molecular complexity index is 1510. The molecule has 0 fully saturated rings. The van der Waals surface area contributed by atoms with Gasteiger partial charge in [-0.15, -0.1) is 0 Å². The normalized spacial score (nSPS) is 11.0. The van der Waals surface area contributed by atoms with Crippen LogP contribution in [0.3, 0.4) is 0 Å². The van der Waals surface area contributed by atoms with Crippen LogP contribution in [-0.4, -0.2) is 23.3 Å². The van der Waals surface area contributed by atoms with Gasteiger partial charge in [-0.25, -0.2) is 4.98 Å². The van der Waals surface area contributed by atoms with Gasteiger partial charge in [0.05, 0.1) is 21.0 Å². The molecule has 174 valence electrons. The van der Waals surface area contributed by atoms with Gasteiger partial charge in [0.1, 0.15) is 5.58 Å². The maximum Gasteiger partial charge on any atom is 0.264 e. The highest BCUT2D eigenvalue weighted by Gasteiger charge is 2.22. The van der Waals surface area contributed by atoms with E-state index >= 15 is 0 Å². The minimum atomic E-state index is -0.533. The molecular formula is C25H21ClN2O5S. The first-order valence-electron chi connectivity index (χ1n) is 10.4. The second kappa shape index (κ2) is 9.40. The molecule has 0 aliphatic carbocycles. The highest BCUT2D eigenvalue weighted by Crippen LogP contribution is 2.36. The van der Waals surface area contributed by atoms with Gasteiger partial charge in [-0.1, -0.05) is 41.1 Å². The molecule has 0 unspecified atom stereocenters. The van der Waals surface area contributed by atoms with Crippen molar-refractivity contribution in [1.29, 1.82) is 0 Å². The number of anilines is 1. The number of aromatic nitrogens is 1. The summed E-state index contributed by atoms with van der Waals surface area (Å²) in [5.41, 5.74) is 2.69. The molecule has 9 heteroatoms. The van der Waals surface area contributed by atoms with Crippen molar-refractivity contribution in [2.45, 2.75) is 27.7 Å². The number of carbonyl (C=O) groups excluding carboxylic acids is 2. The SMILES string of the molecule is CC(=O)c1sc(NC(=O)COc2c(-c3ccccc3Cl)oc3cc(C)cc(C)c3c2=O)nc1C. The minimum Gasteiger partial charge on any atom is -0.476 e. The van der Waals surface area contributed by atoms with Crippen molar-refractivity contribution < 1.29 is 18.7 Å². The molecule has 34 heavy (non-hydrogen) atoms. The summed E-state index contributed by atoms with van der Waals surface area (Å²) < 4.78 is 11.8. The number of amides is 1. The second-order valence-electron chi connectivity index (χ2n) is 7.85. The largest absolute Gasteiger partial charge is 0.476 e. The van der Waals surface area contributed by atoms with E-state index in [1.165, 1.54) is 6.92 Å². The van der Waals surface area contributed by atoms with Crippen LogP contribution in [0.1, 0.15) is 33.4 Å². The number of carbonyl (C=O) groups is 2. The summed E-state index contributed by atoms with van der Waals surface area (Å²) in [6, 6.07) is 10.6. The number of Topliss-reactive ketones (excluding diaryl/α,β-unsaturated/α-hetero) is 1. The molecule has 0 saturated carbocycles. The lowest BCUT2D eigenvalue weighted by molar-refractivity contribution is -0.118. The van der Waals surface area contributed by atoms with Gasteiger partial charge in [-0.05, 0) is 50.1 Å². The lowest BCUT2D eigenvalue weighted by atomic mass is 10.0. The number of ether oxygens (including phenoxy) is 1. The molecular weight excluding hydrogens is 476 g/mol. The monoisotopic (exact) mass is 496 g/mol. The lowest BCUT2D eigenvalue weighted by Crippen LogP contribution is -2.22. The maximum absolute atomic E-state index is 13.5. The fourth-order valence-corrected chi connectivity index (χ4v) is 4.80.